The first-order valence-electron chi connectivity index (χ1n) is 9.90. The molecule has 2 amide bonds. The highest BCUT2D eigenvalue weighted by Crippen LogP contribution is 2.29. The van der Waals surface area contributed by atoms with Gasteiger partial charge < -0.3 is 15.7 Å². The predicted molar refractivity (Wildman–Crippen MR) is 103 cm³/mol. The molecule has 0 bridgehead atoms. The van der Waals surface area contributed by atoms with Crippen molar-refractivity contribution in [2.24, 2.45) is 11.8 Å². The molecule has 0 unspecified atom stereocenters. The summed E-state index contributed by atoms with van der Waals surface area (Å²) in [6.45, 7) is 1.06. The van der Waals surface area contributed by atoms with Crippen molar-refractivity contribution < 1.29 is 19.5 Å². The molecule has 0 radical (unpaired) electrons. The van der Waals surface area contributed by atoms with Gasteiger partial charge in [-0.2, -0.15) is 0 Å². The summed E-state index contributed by atoms with van der Waals surface area (Å²) in [5.41, 5.74) is 0.652. The third-order valence-electron chi connectivity index (χ3n) is 5.19. The lowest BCUT2D eigenvalue weighted by Crippen LogP contribution is -2.37. The summed E-state index contributed by atoms with van der Waals surface area (Å²) in [5.74, 6) is -1.11. The number of rotatable bonds is 10. The van der Waals surface area contributed by atoms with Gasteiger partial charge in [0.15, 0.2) is 0 Å². The summed E-state index contributed by atoms with van der Waals surface area (Å²) < 4.78 is 0. The van der Waals surface area contributed by atoms with E-state index in [0.29, 0.717) is 31.5 Å². The van der Waals surface area contributed by atoms with Crippen LogP contribution in [0.4, 0.5) is 0 Å². The van der Waals surface area contributed by atoms with Gasteiger partial charge in [-0.05, 0) is 43.7 Å². The Bertz CT molecular complexity index is 618. The monoisotopic (exact) mass is 374 g/mol. The van der Waals surface area contributed by atoms with Crippen molar-refractivity contribution in [3.05, 3.63) is 35.9 Å². The molecule has 6 nitrogen and oxygen atoms in total. The van der Waals surface area contributed by atoms with Crippen LogP contribution in [0.15, 0.2) is 30.3 Å². The van der Waals surface area contributed by atoms with E-state index in [-0.39, 0.29) is 23.7 Å². The first-order chi connectivity index (χ1) is 13.1. The number of hydrogen-bond acceptors (Lipinski definition) is 3. The third kappa shape index (κ3) is 7.41. The van der Waals surface area contributed by atoms with Crippen LogP contribution in [0.1, 0.15) is 61.7 Å². The Labute approximate surface area is 160 Å². The van der Waals surface area contributed by atoms with E-state index in [9.17, 15) is 19.5 Å². The van der Waals surface area contributed by atoms with E-state index in [2.05, 4.69) is 10.6 Å². The van der Waals surface area contributed by atoms with E-state index in [1.165, 1.54) is 0 Å². The lowest BCUT2D eigenvalue weighted by atomic mass is 9.79. The molecule has 1 aliphatic carbocycles. The van der Waals surface area contributed by atoms with Gasteiger partial charge in [0.2, 0.25) is 5.91 Å². The number of carboxylic acids is 1. The van der Waals surface area contributed by atoms with E-state index in [1.807, 2.05) is 18.2 Å². The van der Waals surface area contributed by atoms with Crippen molar-refractivity contribution in [3.8, 4) is 0 Å². The van der Waals surface area contributed by atoms with Crippen molar-refractivity contribution in [1.82, 2.24) is 10.6 Å². The number of hydrogen-bond donors (Lipinski definition) is 3. The van der Waals surface area contributed by atoms with Crippen molar-refractivity contribution in [3.63, 3.8) is 0 Å². The van der Waals surface area contributed by atoms with Crippen LogP contribution in [-0.4, -0.2) is 36.0 Å². The second-order valence-corrected chi connectivity index (χ2v) is 7.23. The number of carboxylic acid groups (broad SMARTS) is 1. The highest BCUT2D eigenvalue weighted by molar-refractivity contribution is 5.94. The van der Waals surface area contributed by atoms with E-state index in [0.717, 1.165) is 38.5 Å². The van der Waals surface area contributed by atoms with E-state index < -0.39 is 5.97 Å². The Morgan fingerprint density at radius 3 is 2.44 bits per heavy atom. The highest BCUT2D eigenvalue weighted by atomic mass is 16.4. The van der Waals surface area contributed by atoms with Gasteiger partial charge in [-0.3, -0.25) is 14.4 Å². The van der Waals surface area contributed by atoms with Crippen LogP contribution < -0.4 is 10.6 Å². The fourth-order valence-corrected chi connectivity index (χ4v) is 3.59. The van der Waals surface area contributed by atoms with Crippen LogP contribution in [0.2, 0.25) is 0 Å². The van der Waals surface area contributed by atoms with Crippen molar-refractivity contribution in [2.45, 2.75) is 51.4 Å². The molecule has 1 aromatic rings. The summed E-state index contributed by atoms with van der Waals surface area (Å²) in [6, 6.07) is 9.10. The minimum Gasteiger partial charge on any atom is -0.481 e. The van der Waals surface area contributed by atoms with Crippen LogP contribution in [0.5, 0.6) is 0 Å². The number of unbranched alkanes of at least 4 members (excludes halogenated alkanes) is 2. The zero-order valence-electron chi connectivity index (χ0n) is 15.8. The SMILES string of the molecule is O=C(CCCCCNC(=O)c1ccccc1)NC[C@@H]1CCCC[C@@H]1C(=O)O. The molecule has 148 valence electrons. The van der Waals surface area contributed by atoms with Crippen LogP contribution >= 0.6 is 0 Å². The average molecular weight is 374 g/mol. The lowest BCUT2D eigenvalue weighted by Gasteiger charge is -2.28. The topological polar surface area (TPSA) is 95.5 Å². The molecule has 1 aromatic carbocycles. The highest BCUT2D eigenvalue weighted by Gasteiger charge is 2.30. The summed E-state index contributed by atoms with van der Waals surface area (Å²) in [4.78, 5) is 35.1. The maximum atomic E-state index is 12.0. The Balaban J connectivity index is 1.53. The number of aliphatic carboxylic acids is 1. The first-order valence-corrected chi connectivity index (χ1v) is 9.90. The molecule has 3 N–H and O–H groups in total. The summed E-state index contributed by atoms with van der Waals surface area (Å²) in [7, 11) is 0. The molecule has 0 aromatic heterocycles. The van der Waals surface area contributed by atoms with Crippen molar-refractivity contribution in [1.29, 1.82) is 0 Å². The third-order valence-corrected chi connectivity index (χ3v) is 5.19. The van der Waals surface area contributed by atoms with Crippen molar-refractivity contribution >= 4 is 17.8 Å². The Morgan fingerprint density at radius 1 is 0.963 bits per heavy atom. The Hall–Kier alpha value is -2.37. The quantitative estimate of drug-likeness (QED) is 0.549. The summed E-state index contributed by atoms with van der Waals surface area (Å²) in [6.07, 6.45) is 6.49. The van der Waals surface area contributed by atoms with Gasteiger partial charge >= 0.3 is 5.97 Å². The number of carbonyl (C=O) groups is 3. The lowest BCUT2D eigenvalue weighted by molar-refractivity contribution is -0.145. The molecule has 27 heavy (non-hydrogen) atoms. The number of nitrogens with one attached hydrogen (secondary N) is 2. The molecule has 2 atom stereocenters. The Kier molecular flexibility index (Phi) is 8.81. The zero-order chi connectivity index (χ0) is 19.5. The van der Waals surface area contributed by atoms with Crippen LogP contribution in [0, 0.1) is 11.8 Å². The maximum absolute atomic E-state index is 12.0. The van der Waals surface area contributed by atoms with Gasteiger partial charge in [-0.15, -0.1) is 0 Å². The second-order valence-electron chi connectivity index (χ2n) is 7.23. The number of amides is 2. The molecular formula is C21H30N2O4. The van der Waals surface area contributed by atoms with Crippen LogP contribution in [0.25, 0.3) is 0 Å². The standard InChI is InChI=1S/C21H30N2O4/c24-19(23-15-17-11-6-7-12-18(17)21(26)27)13-5-2-8-14-22-20(25)16-9-3-1-4-10-16/h1,3-4,9-10,17-18H,2,5-8,11-15H2,(H,22,25)(H,23,24)(H,26,27)/t17-,18-/m0/s1. The first kappa shape index (κ1) is 20.9. The van der Waals surface area contributed by atoms with Crippen molar-refractivity contribution in [2.75, 3.05) is 13.1 Å². The average Bonchev–Trinajstić information content (AvgIpc) is 2.69. The fraction of sp³-hybridized carbons (Fsp3) is 0.571. The molecule has 2 rings (SSSR count). The molecule has 1 aliphatic rings. The van der Waals surface area contributed by atoms with E-state index in [4.69, 9.17) is 0 Å². The van der Waals surface area contributed by atoms with Crippen LogP contribution in [0.3, 0.4) is 0 Å². The molecule has 0 aliphatic heterocycles. The van der Waals surface area contributed by atoms with Gasteiger partial charge in [0, 0.05) is 25.1 Å². The largest absolute Gasteiger partial charge is 0.481 e. The molecule has 6 heteroatoms. The van der Waals surface area contributed by atoms with Crippen LogP contribution in [-0.2, 0) is 9.59 Å². The maximum Gasteiger partial charge on any atom is 0.306 e. The van der Waals surface area contributed by atoms with Gasteiger partial charge in [0.05, 0.1) is 5.92 Å². The minimum absolute atomic E-state index is 0.0157. The smallest absolute Gasteiger partial charge is 0.306 e. The molecule has 0 heterocycles. The summed E-state index contributed by atoms with van der Waals surface area (Å²) in [5, 5.41) is 15.0. The van der Waals surface area contributed by atoms with E-state index >= 15 is 0 Å². The number of benzene rings is 1. The molecule has 1 fully saturated rings. The predicted octanol–water partition coefficient (Wildman–Crippen LogP) is 2.98. The fourth-order valence-electron chi connectivity index (χ4n) is 3.59. The van der Waals surface area contributed by atoms with Gasteiger partial charge in [-0.25, -0.2) is 0 Å². The normalized spacial score (nSPS) is 19.3. The molecule has 0 saturated heterocycles. The Morgan fingerprint density at radius 2 is 1.70 bits per heavy atom. The van der Waals surface area contributed by atoms with Gasteiger partial charge in [0.1, 0.15) is 0 Å². The van der Waals surface area contributed by atoms with Gasteiger partial charge in [-0.1, -0.05) is 37.5 Å². The molecule has 1 saturated carbocycles. The minimum atomic E-state index is -0.744. The second kappa shape index (κ2) is 11.4. The molecule has 0 spiro atoms. The molecular weight excluding hydrogens is 344 g/mol. The summed E-state index contributed by atoms with van der Waals surface area (Å²) >= 11 is 0. The zero-order valence-corrected chi connectivity index (χ0v) is 15.8. The van der Waals surface area contributed by atoms with Gasteiger partial charge in [0.25, 0.3) is 5.91 Å². The number of carbonyl (C=O) groups excluding carboxylic acids is 2. The van der Waals surface area contributed by atoms with E-state index in [1.54, 1.807) is 12.1 Å².